The number of piperidine rings is 1. The highest BCUT2D eigenvalue weighted by atomic mass is 32.1. The van der Waals surface area contributed by atoms with Crippen molar-refractivity contribution in [3.05, 3.63) is 58.2 Å². The lowest BCUT2D eigenvalue weighted by molar-refractivity contribution is -0.141. The summed E-state index contributed by atoms with van der Waals surface area (Å²) in [4.78, 5) is 38.2. The summed E-state index contributed by atoms with van der Waals surface area (Å²) in [6.45, 7) is 4.51. The van der Waals surface area contributed by atoms with Crippen molar-refractivity contribution in [3.63, 3.8) is 0 Å². The van der Waals surface area contributed by atoms with Gasteiger partial charge in [-0.2, -0.15) is 17.5 Å². The van der Waals surface area contributed by atoms with Gasteiger partial charge in [0.25, 0.3) is 5.91 Å². The van der Waals surface area contributed by atoms with Crippen LogP contribution in [0, 0.1) is 6.92 Å². The smallest absolute Gasteiger partial charge is 0.434 e. The summed E-state index contributed by atoms with van der Waals surface area (Å²) in [5.74, 6) is 0.0607. The molecule has 0 spiro atoms. The molecule has 0 unspecified atom stereocenters. The van der Waals surface area contributed by atoms with Crippen LogP contribution in [0.5, 0.6) is 5.88 Å². The molecule has 0 bridgehead atoms. The third-order valence-electron chi connectivity index (χ3n) is 5.67. The molecule has 1 saturated heterocycles. The van der Waals surface area contributed by atoms with Crippen molar-refractivity contribution in [2.75, 3.05) is 18.4 Å². The maximum atomic E-state index is 13.0. The van der Waals surface area contributed by atoms with Gasteiger partial charge >= 0.3 is 6.18 Å². The number of aryl methyl sites for hydroxylation is 1. The molecule has 1 aliphatic heterocycles. The second-order valence-electron chi connectivity index (χ2n) is 8.30. The number of halogens is 3. The Kier molecular flexibility index (Phi) is 7.48. The molecule has 1 fully saturated rings. The number of likely N-dealkylation sites (tertiary alicyclic amines) is 1. The number of nitrogens with one attached hydrogen (secondary N) is 1. The minimum atomic E-state index is -4.57. The van der Waals surface area contributed by atoms with Gasteiger partial charge in [-0.3, -0.25) is 14.6 Å². The molecule has 0 atom stereocenters. The zero-order valence-electron chi connectivity index (χ0n) is 19.5. The summed E-state index contributed by atoms with van der Waals surface area (Å²) < 4.78 is 48.3. The van der Waals surface area contributed by atoms with Gasteiger partial charge in [0, 0.05) is 56.4 Å². The van der Waals surface area contributed by atoms with Gasteiger partial charge in [-0.25, -0.2) is 9.97 Å². The Morgan fingerprint density at radius 2 is 1.89 bits per heavy atom. The van der Waals surface area contributed by atoms with E-state index in [9.17, 15) is 22.8 Å². The van der Waals surface area contributed by atoms with Crippen LogP contribution in [0.25, 0.3) is 0 Å². The van der Waals surface area contributed by atoms with Crippen LogP contribution in [-0.4, -0.2) is 55.2 Å². The zero-order chi connectivity index (χ0) is 25.9. The zero-order valence-corrected chi connectivity index (χ0v) is 20.3. The van der Waals surface area contributed by atoms with Crippen LogP contribution in [0.2, 0.25) is 0 Å². The molecular weight excluding hydrogens is 497 g/mol. The third kappa shape index (κ3) is 6.14. The summed E-state index contributed by atoms with van der Waals surface area (Å²) in [6.07, 6.45) is 0.146. The SMILES string of the molecule is CC(=O)N1CCC(Oc2ccc(NC(=O)c3c(C)nsc3Cc3cnc(C(F)(F)F)cn3)cn2)CC1. The van der Waals surface area contributed by atoms with Crippen molar-refractivity contribution in [3.8, 4) is 5.88 Å². The number of rotatable bonds is 6. The van der Waals surface area contributed by atoms with E-state index in [-0.39, 0.29) is 24.1 Å². The van der Waals surface area contributed by atoms with E-state index in [0.29, 0.717) is 47.0 Å². The largest absolute Gasteiger partial charge is 0.474 e. The van der Waals surface area contributed by atoms with Crippen molar-refractivity contribution < 1.29 is 27.5 Å². The third-order valence-corrected chi connectivity index (χ3v) is 6.60. The van der Waals surface area contributed by atoms with Crippen LogP contribution in [-0.2, 0) is 17.4 Å². The number of ether oxygens (including phenoxy) is 1. The summed E-state index contributed by atoms with van der Waals surface area (Å²) in [7, 11) is 0. The van der Waals surface area contributed by atoms with E-state index < -0.39 is 17.8 Å². The molecule has 0 saturated carbocycles. The predicted octanol–water partition coefficient (Wildman–Crippen LogP) is 3.89. The van der Waals surface area contributed by atoms with Crippen molar-refractivity contribution >= 4 is 29.0 Å². The molecule has 36 heavy (non-hydrogen) atoms. The van der Waals surface area contributed by atoms with Crippen LogP contribution in [0.15, 0.2) is 30.7 Å². The number of pyridine rings is 1. The fourth-order valence-electron chi connectivity index (χ4n) is 3.76. The average molecular weight is 521 g/mol. The first-order valence-corrected chi connectivity index (χ1v) is 11.9. The number of anilines is 1. The topological polar surface area (TPSA) is 110 Å². The van der Waals surface area contributed by atoms with Crippen LogP contribution in [0.3, 0.4) is 0 Å². The quantitative estimate of drug-likeness (QED) is 0.525. The lowest BCUT2D eigenvalue weighted by atomic mass is 10.1. The van der Waals surface area contributed by atoms with E-state index in [0.717, 1.165) is 30.6 Å². The van der Waals surface area contributed by atoms with Crippen LogP contribution in [0.1, 0.15) is 52.1 Å². The minimum absolute atomic E-state index is 0.0380. The number of hydrogen-bond donors (Lipinski definition) is 1. The minimum Gasteiger partial charge on any atom is -0.474 e. The van der Waals surface area contributed by atoms with E-state index in [1.165, 1.54) is 6.20 Å². The Bertz CT molecular complexity index is 1220. The number of carbonyl (C=O) groups excluding carboxylic acids is 2. The highest BCUT2D eigenvalue weighted by Gasteiger charge is 2.33. The van der Waals surface area contributed by atoms with Crippen molar-refractivity contribution in [2.45, 2.75) is 45.4 Å². The molecule has 4 rings (SSSR count). The first-order chi connectivity index (χ1) is 17.1. The highest BCUT2D eigenvalue weighted by Crippen LogP contribution is 2.28. The van der Waals surface area contributed by atoms with Gasteiger partial charge in [0.15, 0.2) is 5.69 Å². The first kappa shape index (κ1) is 25.5. The van der Waals surface area contributed by atoms with Gasteiger partial charge in [-0.1, -0.05) is 0 Å². The molecule has 0 aromatic carbocycles. The van der Waals surface area contributed by atoms with Gasteiger partial charge in [-0.05, 0) is 24.5 Å². The second-order valence-corrected chi connectivity index (χ2v) is 9.15. The number of aromatic nitrogens is 4. The molecule has 4 heterocycles. The maximum Gasteiger partial charge on any atom is 0.434 e. The molecule has 3 aromatic heterocycles. The monoisotopic (exact) mass is 520 g/mol. The normalized spacial score (nSPS) is 14.5. The van der Waals surface area contributed by atoms with Gasteiger partial charge < -0.3 is 15.0 Å². The number of nitrogens with zero attached hydrogens (tertiary/aromatic N) is 5. The van der Waals surface area contributed by atoms with Crippen LogP contribution in [0.4, 0.5) is 18.9 Å². The van der Waals surface area contributed by atoms with Gasteiger partial charge in [-0.15, -0.1) is 0 Å². The molecule has 13 heteroatoms. The van der Waals surface area contributed by atoms with Gasteiger partial charge in [0.05, 0.1) is 35.0 Å². The van der Waals surface area contributed by atoms with E-state index in [4.69, 9.17) is 4.74 Å². The number of alkyl halides is 3. The van der Waals surface area contributed by atoms with Crippen LogP contribution < -0.4 is 10.1 Å². The molecule has 2 amide bonds. The Morgan fingerprint density at radius 1 is 1.14 bits per heavy atom. The van der Waals surface area contributed by atoms with Crippen molar-refractivity contribution in [1.82, 2.24) is 24.2 Å². The average Bonchev–Trinajstić information content (AvgIpc) is 3.20. The number of amides is 2. The van der Waals surface area contributed by atoms with Crippen LogP contribution >= 0.6 is 11.5 Å². The molecule has 0 aliphatic carbocycles. The Morgan fingerprint density at radius 3 is 2.47 bits per heavy atom. The fraction of sp³-hybridized carbons (Fsp3) is 0.391. The molecule has 3 aromatic rings. The predicted molar refractivity (Wildman–Crippen MR) is 125 cm³/mol. The van der Waals surface area contributed by atoms with Crippen molar-refractivity contribution in [1.29, 1.82) is 0 Å². The molecule has 1 N–H and O–H groups in total. The van der Waals surface area contributed by atoms with E-state index in [1.54, 1.807) is 30.9 Å². The lowest BCUT2D eigenvalue weighted by Gasteiger charge is -2.31. The van der Waals surface area contributed by atoms with E-state index in [2.05, 4.69) is 24.6 Å². The molecule has 9 nitrogen and oxygen atoms in total. The van der Waals surface area contributed by atoms with E-state index in [1.807, 2.05) is 0 Å². The summed E-state index contributed by atoms with van der Waals surface area (Å²) in [5.41, 5.74) is 0.491. The summed E-state index contributed by atoms with van der Waals surface area (Å²) >= 11 is 1.08. The second kappa shape index (κ2) is 10.6. The number of carbonyl (C=O) groups is 2. The van der Waals surface area contributed by atoms with Gasteiger partial charge in [0.2, 0.25) is 11.8 Å². The maximum absolute atomic E-state index is 13.0. The fourth-order valence-corrected chi connectivity index (χ4v) is 4.64. The Labute approximate surface area is 208 Å². The molecule has 0 radical (unpaired) electrons. The summed E-state index contributed by atoms with van der Waals surface area (Å²) in [5, 5.41) is 2.77. The first-order valence-electron chi connectivity index (χ1n) is 11.1. The Hall–Kier alpha value is -3.61. The van der Waals surface area contributed by atoms with Gasteiger partial charge in [0.1, 0.15) is 6.10 Å². The standard InChI is InChI=1S/C23H23F3N6O3S/c1-13-21(18(36-31-13)9-16-11-28-19(12-27-16)23(24,25)26)22(34)30-15-3-4-20(29-10-15)35-17-5-7-32(8-6-17)14(2)33/h3-4,10-12,17H,5-9H2,1-2H3,(H,30,34). The Balaban J connectivity index is 1.37. The molecular formula is C23H23F3N6O3S. The lowest BCUT2D eigenvalue weighted by Crippen LogP contribution is -2.40. The number of hydrogen-bond acceptors (Lipinski definition) is 8. The molecule has 1 aliphatic rings. The van der Waals surface area contributed by atoms with Crippen molar-refractivity contribution in [2.24, 2.45) is 0 Å². The van der Waals surface area contributed by atoms with E-state index >= 15 is 0 Å². The highest BCUT2D eigenvalue weighted by molar-refractivity contribution is 7.06. The molecule has 190 valence electrons. The summed E-state index contributed by atoms with van der Waals surface area (Å²) in [6, 6.07) is 3.32.